The van der Waals surface area contributed by atoms with Crippen LogP contribution in [0.1, 0.15) is 20.8 Å². The molecule has 70 valence electrons. The third-order valence-electron chi connectivity index (χ3n) is 1.38. The molecule has 1 nitrogen and oxygen atoms in total. The summed E-state index contributed by atoms with van der Waals surface area (Å²) in [7, 11) is 0. The number of rotatable bonds is 1. The molecule has 0 aromatic carbocycles. The maximum atomic E-state index is 3.85. The van der Waals surface area contributed by atoms with Crippen LogP contribution in [0.4, 0.5) is 0 Å². The summed E-state index contributed by atoms with van der Waals surface area (Å²) in [6, 6.07) is 3.96. The maximum absolute atomic E-state index is 3.85. The molecule has 0 aliphatic carbocycles. The van der Waals surface area contributed by atoms with Crippen molar-refractivity contribution < 1.29 is 4.98 Å². The number of allylic oxidation sites excluding steroid dienone is 1. The highest BCUT2D eigenvalue weighted by atomic mass is 14.6. The fraction of sp³-hybridized carbons (Fsp3) is 0.250. The van der Waals surface area contributed by atoms with Crippen molar-refractivity contribution in [1.29, 1.82) is 0 Å². The molecule has 0 spiro atoms. The molecule has 0 bridgehead atoms. The lowest BCUT2D eigenvalue weighted by Crippen LogP contribution is -2.38. The van der Waals surface area contributed by atoms with E-state index in [-0.39, 0.29) is 0 Å². The van der Waals surface area contributed by atoms with Gasteiger partial charge in [-0.25, -0.2) is 4.98 Å². The highest BCUT2D eigenvalue weighted by molar-refractivity contribution is 5.42. The van der Waals surface area contributed by atoms with Gasteiger partial charge in [-0.3, -0.25) is 0 Å². The Balaban J connectivity index is 0.000000671. The summed E-state index contributed by atoms with van der Waals surface area (Å²) in [6.07, 6.45) is 3.86. The molecule has 0 aliphatic heterocycles. The topological polar surface area (TPSA) is 14.1 Å². The number of hydrogen-bond acceptors (Lipinski definition) is 0. The van der Waals surface area contributed by atoms with Crippen LogP contribution >= 0.6 is 0 Å². The highest BCUT2D eigenvalue weighted by Gasteiger charge is 1.86. The van der Waals surface area contributed by atoms with Gasteiger partial charge in [-0.05, 0) is 25.6 Å². The lowest BCUT2D eigenvalue weighted by molar-refractivity contribution is -0.395. The van der Waals surface area contributed by atoms with Gasteiger partial charge in [0.25, 0.3) is 0 Å². The summed E-state index contributed by atoms with van der Waals surface area (Å²) < 4.78 is 0. The Morgan fingerprint density at radius 1 is 1.46 bits per heavy atom. The lowest BCUT2D eigenvalue weighted by atomic mass is 10.2. The second kappa shape index (κ2) is 6.18. The minimum atomic E-state index is 0.926. The van der Waals surface area contributed by atoms with Crippen molar-refractivity contribution in [1.82, 2.24) is 0 Å². The van der Waals surface area contributed by atoms with Gasteiger partial charge in [-0.1, -0.05) is 26.0 Å². The van der Waals surface area contributed by atoms with Gasteiger partial charge in [0.05, 0.1) is 0 Å². The number of hydrogen-bond donors (Lipinski definition) is 0. The Morgan fingerprint density at radius 3 is 2.54 bits per heavy atom. The van der Waals surface area contributed by atoms with E-state index >= 15 is 0 Å². The van der Waals surface area contributed by atoms with Crippen LogP contribution < -0.4 is 15.6 Å². The van der Waals surface area contributed by atoms with Crippen molar-refractivity contribution >= 4 is 12.7 Å². The number of aromatic amines is 1. The van der Waals surface area contributed by atoms with E-state index in [1.807, 2.05) is 45.2 Å². The summed E-state index contributed by atoms with van der Waals surface area (Å²) in [5.41, 5.74) is 1.04. The summed E-state index contributed by atoms with van der Waals surface area (Å²) in [6.45, 7) is 13.6. The van der Waals surface area contributed by atoms with E-state index < -0.39 is 0 Å². The van der Waals surface area contributed by atoms with E-state index in [0.717, 1.165) is 16.1 Å². The van der Waals surface area contributed by atoms with Crippen LogP contribution in [0.15, 0.2) is 30.5 Å². The van der Waals surface area contributed by atoms with E-state index in [4.69, 9.17) is 0 Å². The van der Waals surface area contributed by atoms with E-state index in [0.29, 0.717) is 0 Å². The predicted molar refractivity (Wildman–Crippen MR) is 58.4 cm³/mol. The second-order valence-electron chi connectivity index (χ2n) is 2.59. The van der Waals surface area contributed by atoms with Crippen LogP contribution in [0, 0.1) is 0 Å². The quantitative estimate of drug-likeness (QED) is 0.612. The van der Waals surface area contributed by atoms with Crippen molar-refractivity contribution in [2.24, 2.45) is 0 Å². The van der Waals surface area contributed by atoms with Crippen LogP contribution in [0.2, 0.25) is 0 Å². The Labute approximate surface area is 80.1 Å². The molecule has 0 amide bonds. The fourth-order valence-corrected chi connectivity index (χ4v) is 0.885. The van der Waals surface area contributed by atoms with Crippen molar-refractivity contribution in [2.45, 2.75) is 20.8 Å². The van der Waals surface area contributed by atoms with Crippen molar-refractivity contribution in [3.63, 3.8) is 0 Å². The monoisotopic (exact) mass is 176 g/mol. The van der Waals surface area contributed by atoms with Crippen LogP contribution in [-0.4, -0.2) is 0 Å². The van der Waals surface area contributed by atoms with Crippen molar-refractivity contribution in [3.8, 4) is 0 Å². The molecule has 1 aromatic rings. The summed E-state index contributed by atoms with van der Waals surface area (Å²) >= 11 is 0. The molecular weight excluding hydrogens is 158 g/mol. The Hall–Kier alpha value is -1.37. The minimum absolute atomic E-state index is 0.926. The van der Waals surface area contributed by atoms with E-state index in [1.165, 1.54) is 0 Å². The molecule has 0 atom stereocenters. The molecule has 1 heterocycles. The van der Waals surface area contributed by atoms with Crippen LogP contribution in [0.25, 0.3) is 12.7 Å². The van der Waals surface area contributed by atoms with E-state index in [9.17, 15) is 0 Å². The first kappa shape index (κ1) is 11.6. The van der Waals surface area contributed by atoms with Gasteiger partial charge in [0.2, 0.25) is 5.35 Å². The first-order valence-corrected chi connectivity index (χ1v) is 4.53. The molecule has 1 rings (SSSR count). The molecule has 1 aromatic heterocycles. The summed E-state index contributed by atoms with van der Waals surface area (Å²) in [4.78, 5) is 3.02. The molecule has 0 radical (unpaired) electrons. The standard InChI is InChI=1S/C10H11N.C2H6/c1-8(2)7-10-5-4-6-11-9(10)3;1-2/h4-7H,1,3H2,2H3;1-2H3/p+1/b10-7-;. The normalized spacial score (nSPS) is 10.2. The maximum Gasteiger partial charge on any atom is 0.203 e. The predicted octanol–water partition coefficient (Wildman–Crippen LogP) is 1.29. The van der Waals surface area contributed by atoms with Crippen molar-refractivity contribution in [3.05, 3.63) is 41.0 Å². The van der Waals surface area contributed by atoms with Crippen LogP contribution in [0.5, 0.6) is 0 Å². The minimum Gasteiger partial charge on any atom is -0.212 e. The Morgan fingerprint density at radius 2 is 2.08 bits per heavy atom. The van der Waals surface area contributed by atoms with E-state index in [1.54, 1.807) is 0 Å². The summed E-state index contributed by atoms with van der Waals surface area (Å²) in [5, 5.41) is 2.02. The SMILES string of the molecule is C=C(C)/C=c1/ccc[nH+]c1=C.CC. The zero-order valence-corrected chi connectivity index (χ0v) is 8.72. The molecule has 1 N–H and O–H groups in total. The number of H-pyrrole nitrogens is 1. The zero-order valence-electron chi connectivity index (χ0n) is 8.72. The Bertz CT molecular complexity index is 363. The number of pyridine rings is 1. The second-order valence-corrected chi connectivity index (χ2v) is 2.59. The Kier molecular flexibility index (Phi) is 5.53. The number of nitrogens with one attached hydrogen (secondary N) is 1. The van der Waals surface area contributed by atoms with Gasteiger partial charge in [0, 0.05) is 11.3 Å². The lowest BCUT2D eigenvalue weighted by Gasteiger charge is -1.83. The van der Waals surface area contributed by atoms with Gasteiger partial charge < -0.3 is 0 Å². The van der Waals surface area contributed by atoms with Gasteiger partial charge in [0.1, 0.15) is 0 Å². The molecular formula is C12H18N+. The molecule has 13 heavy (non-hydrogen) atoms. The molecule has 0 saturated heterocycles. The van der Waals surface area contributed by atoms with Gasteiger partial charge >= 0.3 is 0 Å². The third-order valence-corrected chi connectivity index (χ3v) is 1.38. The average Bonchev–Trinajstić information content (AvgIpc) is 2.12. The molecule has 0 saturated carbocycles. The first-order chi connectivity index (χ1) is 6.20. The highest BCUT2D eigenvalue weighted by Crippen LogP contribution is 1.84. The van der Waals surface area contributed by atoms with Crippen LogP contribution in [-0.2, 0) is 0 Å². The molecule has 1 heteroatoms. The third kappa shape index (κ3) is 4.26. The van der Waals surface area contributed by atoms with Gasteiger partial charge in [-0.15, -0.1) is 0 Å². The largest absolute Gasteiger partial charge is 0.212 e. The average molecular weight is 176 g/mol. The molecule has 0 unspecified atom stereocenters. The van der Waals surface area contributed by atoms with Gasteiger partial charge in [0.15, 0.2) is 6.20 Å². The first-order valence-electron chi connectivity index (χ1n) is 4.53. The van der Waals surface area contributed by atoms with Gasteiger partial charge in [-0.2, -0.15) is 0 Å². The summed E-state index contributed by atoms with van der Waals surface area (Å²) in [5.74, 6) is 0. The number of aromatic nitrogens is 1. The molecule has 0 fully saturated rings. The van der Waals surface area contributed by atoms with E-state index in [2.05, 4.69) is 18.1 Å². The smallest absolute Gasteiger partial charge is 0.203 e. The molecule has 0 aliphatic rings. The fourth-order valence-electron chi connectivity index (χ4n) is 0.885. The zero-order chi connectivity index (χ0) is 10.3. The van der Waals surface area contributed by atoms with Crippen LogP contribution in [0.3, 0.4) is 0 Å². The van der Waals surface area contributed by atoms with Crippen molar-refractivity contribution in [2.75, 3.05) is 0 Å².